The minimum Gasteiger partial charge on any atom is -0.361 e. The Morgan fingerprint density at radius 3 is 2.57 bits per heavy atom. The highest BCUT2D eigenvalue weighted by molar-refractivity contribution is 14.0. The average Bonchev–Trinajstić information content (AvgIpc) is 3.29. The van der Waals surface area contributed by atoms with Gasteiger partial charge in [0.1, 0.15) is 5.76 Å². The molecule has 1 fully saturated rings. The van der Waals surface area contributed by atoms with Crippen LogP contribution in [0.3, 0.4) is 0 Å². The molecule has 3 rings (SSSR count). The number of nitrogens with zero attached hydrogens (tertiary/aromatic N) is 3. The fraction of sp³-hybridized carbons (Fsp3) is 0.500. The quantitative estimate of drug-likeness (QED) is 0.326. The van der Waals surface area contributed by atoms with Crippen molar-refractivity contribution in [2.45, 2.75) is 53.0 Å². The highest BCUT2D eigenvalue weighted by Gasteiger charge is 2.21. The molecule has 30 heavy (non-hydrogen) atoms. The molecule has 1 atom stereocenters. The summed E-state index contributed by atoms with van der Waals surface area (Å²) in [5, 5.41) is 10.7. The number of carbonyl (C=O) groups excluding carboxylic acids is 1. The first kappa shape index (κ1) is 24.2. The van der Waals surface area contributed by atoms with Crippen molar-refractivity contribution in [1.82, 2.24) is 15.8 Å². The number of aryl methyl sites for hydroxylation is 2. The SMILES string of the molecule is CCNC(=NCc1ccc(N2CCCC2=O)cc1)NCC(C)c1c(C)noc1C.I. The van der Waals surface area contributed by atoms with Crippen LogP contribution >= 0.6 is 24.0 Å². The molecule has 8 heteroatoms. The smallest absolute Gasteiger partial charge is 0.227 e. The first-order valence-corrected chi connectivity index (χ1v) is 10.3. The number of guanidine groups is 1. The van der Waals surface area contributed by atoms with Gasteiger partial charge in [0.25, 0.3) is 0 Å². The van der Waals surface area contributed by atoms with Crippen LogP contribution in [0.15, 0.2) is 33.8 Å². The number of nitrogens with one attached hydrogen (secondary N) is 2. The maximum absolute atomic E-state index is 11.9. The molecule has 1 aliphatic heterocycles. The number of amides is 1. The number of aromatic nitrogens is 1. The van der Waals surface area contributed by atoms with E-state index >= 15 is 0 Å². The minimum atomic E-state index is 0. The number of halogens is 1. The Hall–Kier alpha value is -2.10. The molecule has 0 saturated carbocycles. The van der Waals surface area contributed by atoms with Gasteiger partial charge >= 0.3 is 0 Å². The Balaban J connectivity index is 0.00000320. The van der Waals surface area contributed by atoms with Crippen molar-refractivity contribution in [1.29, 1.82) is 0 Å². The fourth-order valence-electron chi connectivity index (χ4n) is 3.76. The number of carbonyl (C=O) groups is 1. The van der Waals surface area contributed by atoms with Crippen molar-refractivity contribution in [2.75, 3.05) is 24.5 Å². The zero-order valence-corrected chi connectivity index (χ0v) is 20.5. The first-order chi connectivity index (χ1) is 14.0. The lowest BCUT2D eigenvalue weighted by atomic mass is 10.00. The summed E-state index contributed by atoms with van der Waals surface area (Å²) >= 11 is 0. The molecule has 2 N–H and O–H groups in total. The van der Waals surface area contributed by atoms with Crippen LogP contribution in [0.1, 0.15) is 55.2 Å². The van der Waals surface area contributed by atoms with E-state index in [9.17, 15) is 4.79 Å². The summed E-state index contributed by atoms with van der Waals surface area (Å²) in [6, 6.07) is 8.10. The zero-order valence-electron chi connectivity index (χ0n) is 18.2. The Morgan fingerprint density at radius 1 is 1.27 bits per heavy atom. The third kappa shape index (κ3) is 5.96. The second-order valence-electron chi connectivity index (χ2n) is 7.53. The summed E-state index contributed by atoms with van der Waals surface area (Å²) in [5.41, 5.74) is 4.17. The number of aliphatic imine (C=N–C) groups is 1. The predicted molar refractivity (Wildman–Crippen MR) is 131 cm³/mol. The van der Waals surface area contributed by atoms with Gasteiger partial charge in [-0.15, -0.1) is 24.0 Å². The predicted octanol–water partition coefficient (Wildman–Crippen LogP) is 3.90. The summed E-state index contributed by atoms with van der Waals surface area (Å²) in [5.74, 6) is 2.13. The van der Waals surface area contributed by atoms with Gasteiger partial charge in [-0.05, 0) is 44.9 Å². The maximum atomic E-state index is 11.9. The summed E-state index contributed by atoms with van der Waals surface area (Å²) < 4.78 is 5.28. The molecule has 1 amide bonds. The van der Waals surface area contributed by atoms with Gasteiger partial charge in [0.05, 0.1) is 12.2 Å². The molecular formula is C22H32IN5O2. The Labute approximate surface area is 195 Å². The molecule has 7 nitrogen and oxygen atoms in total. The van der Waals surface area contributed by atoms with E-state index in [-0.39, 0.29) is 35.8 Å². The van der Waals surface area contributed by atoms with Crippen LogP contribution in [0.2, 0.25) is 0 Å². The van der Waals surface area contributed by atoms with E-state index in [1.807, 2.05) is 43.0 Å². The summed E-state index contributed by atoms with van der Waals surface area (Å²) in [7, 11) is 0. The maximum Gasteiger partial charge on any atom is 0.227 e. The molecule has 0 aliphatic carbocycles. The Morgan fingerprint density at radius 2 is 2.00 bits per heavy atom. The third-order valence-electron chi connectivity index (χ3n) is 5.24. The van der Waals surface area contributed by atoms with Crippen LogP contribution in [0.5, 0.6) is 0 Å². The van der Waals surface area contributed by atoms with E-state index in [4.69, 9.17) is 9.52 Å². The lowest BCUT2D eigenvalue weighted by Crippen LogP contribution is -2.39. The second kappa shape index (κ2) is 11.3. The molecule has 1 saturated heterocycles. The van der Waals surface area contributed by atoms with E-state index in [0.29, 0.717) is 13.0 Å². The standard InChI is InChI=1S/C22H31N5O2.HI/c1-5-23-22(24-13-15(2)21-16(3)26-29-17(21)4)25-14-18-8-10-19(11-9-18)27-12-6-7-20(27)28;/h8-11,15H,5-7,12-14H2,1-4H3,(H2,23,24,25);1H. The van der Waals surface area contributed by atoms with Crippen LogP contribution in [-0.4, -0.2) is 36.7 Å². The van der Waals surface area contributed by atoms with Crippen molar-refractivity contribution in [3.8, 4) is 0 Å². The van der Waals surface area contributed by atoms with Gasteiger partial charge in [-0.1, -0.05) is 24.2 Å². The van der Waals surface area contributed by atoms with Gasteiger partial charge in [-0.3, -0.25) is 4.79 Å². The number of rotatable bonds is 7. The van der Waals surface area contributed by atoms with E-state index in [0.717, 1.165) is 60.3 Å². The molecule has 2 heterocycles. The van der Waals surface area contributed by atoms with Crippen LogP contribution in [-0.2, 0) is 11.3 Å². The van der Waals surface area contributed by atoms with E-state index < -0.39 is 0 Å². The molecule has 0 spiro atoms. The van der Waals surface area contributed by atoms with Gasteiger partial charge in [0.15, 0.2) is 5.96 Å². The molecule has 1 aromatic heterocycles. The van der Waals surface area contributed by atoms with Crippen molar-refractivity contribution in [3.05, 3.63) is 46.8 Å². The van der Waals surface area contributed by atoms with Gasteiger partial charge in [-0.2, -0.15) is 0 Å². The Bertz CT molecular complexity index is 843. The number of benzene rings is 1. The summed E-state index contributed by atoms with van der Waals surface area (Å²) in [4.78, 5) is 18.4. The highest BCUT2D eigenvalue weighted by atomic mass is 127. The van der Waals surface area contributed by atoms with Gasteiger partial charge in [-0.25, -0.2) is 4.99 Å². The van der Waals surface area contributed by atoms with Crippen LogP contribution in [0.4, 0.5) is 5.69 Å². The fourth-order valence-corrected chi connectivity index (χ4v) is 3.76. The molecule has 0 radical (unpaired) electrons. The molecule has 0 bridgehead atoms. The normalized spacial score (nSPS) is 15.1. The highest BCUT2D eigenvalue weighted by Crippen LogP contribution is 2.23. The van der Waals surface area contributed by atoms with Gasteiger partial charge in [0, 0.05) is 43.2 Å². The largest absolute Gasteiger partial charge is 0.361 e. The lowest BCUT2D eigenvalue weighted by molar-refractivity contribution is -0.117. The molecule has 1 unspecified atom stereocenters. The van der Waals surface area contributed by atoms with Crippen molar-refractivity contribution in [2.24, 2.45) is 4.99 Å². The molecule has 164 valence electrons. The lowest BCUT2D eigenvalue weighted by Gasteiger charge is -2.17. The molecular weight excluding hydrogens is 493 g/mol. The van der Waals surface area contributed by atoms with E-state index in [1.165, 1.54) is 0 Å². The zero-order chi connectivity index (χ0) is 20.8. The summed E-state index contributed by atoms with van der Waals surface area (Å²) in [6.07, 6.45) is 1.59. The molecule has 2 aromatic rings. The van der Waals surface area contributed by atoms with Crippen LogP contribution in [0.25, 0.3) is 0 Å². The number of hydrogen-bond acceptors (Lipinski definition) is 4. The number of hydrogen-bond donors (Lipinski definition) is 2. The van der Waals surface area contributed by atoms with E-state index in [2.05, 4.69) is 29.6 Å². The molecule has 1 aromatic carbocycles. The number of anilines is 1. The van der Waals surface area contributed by atoms with Gasteiger partial charge in [0.2, 0.25) is 5.91 Å². The Kier molecular flexibility index (Phi) is 9.13. The van der Waals surface area contributed by atoms with E-state index in [1.54, 1.807) is 0 Å². The monoisotopic (exact) mass is 525 g/mol. The van der Waals surface area contributed by atoms with Crippen molar-refractivity contribution >= 4 is 41.5 Å². The van der Waals surface area contributed by atoms with Crippen LogP contribution < -0.4 is 15.5 Å². The van der Waals surface area contributed by atoms with Crippen molar-refractivity contribution < 1.29 is 9.32 Å². The second-order valence-corrected chi connectivity index (χ2v) is 7.53. The topological polar surface area (TPSA) is 82.8 Å². The first-order valence-electron chi connectivity index (χ1n) is 10.3. The minimum absolute atomic E-state index is 0. The van der Waals surface area contributed by atoms with Crippen LogP contribution in [0, 0.1) is 13.8 Å². The van der Waals surface area contributed by atoms with Gasteiger partial charge < -0.3 is 20.1 Å². The molecule has 1 aliphatic rings. The summed E-state index contributed by atoms with van der Waals surface area (Å²) in [6.45, 7) is 11.0. The average molecular weight is 525 g/mol. The van der Waals surface area contributed by atoms with Crippen molar-refractivity contribution in [3.63, 3.8) is 0 Å². The third-order valence-corrected chi connectivity index (χ3v) is 5.24.